The number of hydrogen-bond donors (Lipinski definition) is 1. The molecule has 0 saturated carbocycles. The molecule has 0 aliphatic rings. The number of aryl methyl sites for hydroxylation is 2. The summed E-state index contributed by atoms with van der Waals surface area (Å²) >= 11 is 0. The molecule has 0 bridgehead atoms. The Kier molecular flexibility index (Phi) is 4.60. The van der Waals surface area contributed by atoms with Crippen LogP contribution in [0.3, 0.4) is 0 Å². The van der Waals surface area contributed by atoms with E-state index in [0.717, 1.165) is 11.3 Å². The molecule has 0 radical (unpaired) electrons. The van der Waals surface area contributed by atoms with Crippen LogP contribution in [0.1, 0.15) is 47.6 Å². The fraction of sp³-hybridized carbons (Fsp3) is 0.353. The SMILES string of the molecule is Cc1nc(C(=O)NCc2nncn2C)nn1-c1ccccc1C(C)C. The summed E-state index contributed by atoms with van der Waals surface area (Å²) in [5.74, 6) is 1.46. The van der Waals surface area contributed by atoms with Crippen molar-refractivity contribution in [1.82, 2.24) is 34.8 Å². The lowest BCUT2D eigenvalue weighted by molar-refractivity contribution is 0.0939. The lowest BCUT2D eigenvalue weighted by atomic mass is 10.0. The molecular weight excluding hydrogens is 318 g/mol. The highest BCUT2D eigenvalue weighted by molar-refractivity contribution is 5.90. The lowest BCUT2D eigenvalue weighted by Crippen LogP contribution is -2.25. The van der Waals surface area contributed by atoms with Crippen molar-refractivity contribution < 1.29 is 4.79 Å². The van der Waals surface area contributed by atoms with Crippen LogP contribution in [0.4, 0.5) is 0 Å². The van der Waals surface area contributed by atoms with E-state index in [1.807, 2.05) is 32.2 Å². The van der Waals surface area contributed by atoms with Gasteiger partial charge in [-0.2, -0.15) is 0 Å². The minimum atomic E-state index is -0.341. The number of hydrogen-bond acceptors (Lipinski definition) is 5. The van der Waals surface area contributed by atoms with Crippen LogP contribution in [0.5, 0.6) is 0 Å². The van der Waals surface area contributed by atoms with Gasteiger partial charge in [-0.25, -0.2) is 9.67 Å². The molecule has 0 aliphatic carbocycles. The molecule has 0 aliphatic heterocycles. The van der Waals surface area contributed by atoms with Gasteiger partial charge in [0, 0.05) is 7.05 Å². The number of aromatic nitrogens is 6. The van der Waals surface area contributed by atoms with Crippen LogP contribution in [0.25, 0.3) is 5.69 Å². The first-order valence-corrected chi connectivity index (χ1v) is 8.11. The zero-order valence-corrected chi connectivity index (χ0v) is 14.8. The first-order valence-electron chi connectivity index (χ1n) is 8.11. The summed E-state index contributed by atoms with van der Waals surface area (Å²) in [6.07, 6.45) is 1.58. The molecule has 25 heavy (non-hydrogen) atoms. The second-order valence-corrected chi connectivity index (χ2v) is 6.15. The Morgan fingerprint density at radius 1 is 1.28 bits per heavy atom. The molecule has 2 heterocycles. The zero-order chi connectivity index (χ0) is 18.0. The summed E-state index contributed by atoms with van der Waals surface area (Å²) in [4.78, 5) is 16.7. The first kappa shape index (κ1) is 16.8. The van der Waals surface area contributed by atoms with Crippen LogP contribution in [0.15, 0.2) is 30.6 Å². The van der Waals surface area contributed by atoms with E-state index in [4.69, 9.17) is 0 Å². The summed E-state index contributed by atoms with van der Waals surface area (Å²) in [6, 6.07) is 8.00. The van der Waals surface area contributed by atoms with E-state index in [9.17, 15) is 4.79 Å². The maximum absolute atomic E-state index is 12.4. The molecule has 1 N–H and O–H groups in total. The van der Waals surface area contributed by atoms with Crippen molar-refractivity contribution >= 4 is 5.91 Å². The monoisotopic (exact) mass is 339 g/mol. The van der Waals surface area contributed by atoms with Gasteiger partial charge in [-0.05, 0) is 24.5 Å². The second-order valence-electron chi connectivity index (χ2n) is 6.15. The molecule has 3 aromatic rings. The molecule has 8 nitrogen and oxygen atoms in total. The van der Waals surface area contributed by atoms with Gasteiger partial charge in [0.25, 0.3) is 5.91 Å². The van der Waals surface area contributed by atoms with E-state index < -0.39 is 0 Å². The minimum Gasteiger partial charge on any atom is -0.342 e. The summed E-state index contributed by atoms with van der Waals surface area (Å²) in [7, 11) is 1.82. The van der Waals surface area contributed by atoms with Crippen LogP contribution in [0.2, 0.25) is 0 Å². The molecule has 1 aromatic carbocycles. The van der Waals surface area contributed by atoms with Crippen molar-refractivity contribution in [3.8, 4) is 5.69 Å². The fourth-order valence-corrected chi connectivity index (χ4v) is 2.59. The van der Waals surface area contributed by atoms with Gasteiger partial charge < -0.3 is 9.88 Å². The molecule has 0 atom stereocenters. The van der Waals surface area contributed by atoms with E-state index in [0.29, 0.717) is 17.6 Å². The highest BCUT2D eigenvalue weighted by Gasteiger charge is 2.18. The Hall–Kier alpha value is -3.03. The number of nitrogens with zero attached hydrogens (tertiary/aromatic N) is 6. The number of benzene rings is 1. The van der Waals surface area contributed by atoms with Crippen molar-refractivity contribution in [1.29, 1.82) is 0 Å². The summed E-state index contributed by atoms with van der Waals surface area (Å²) in [5.41, 5.74) is 2.09. The van der Waals surface area contributed by atoms with Gasteiger partial charge in [-0.3, -0.25) is 4.79 Å². The molecule has 0 unspecified atom stereocenters. The Morgan fingerprint density at radius 3 is 2.72 bits per heavy atom. The highest BCUT2D eigenvalue weighted by atomic mass is 16.2. The normalized spacial score (nSPS) is 11.1. The Balaban J connectivity index is 1.83. The molecule has 2 aromatic heterocycles. The van der Waals surface area contributed by atoms with E-state index >= 15 is 0 Å². The molecule has 130 valence electrons. The van der Waals surface area contributed by atoms with E-state index in [-0.39, 0.29) is 18.3 Å². The van der Waals surface area contributed by atoms with Gasteiger partial charge in [-0.1, -0.05) is 32.0 Å². The van der Waals surface area contributed by atoms with Crippen molar-refractivity contribution in [2.24, 2.45) is 7.05 Å². The summed E-state index contributed by atoms with van der Waals surface area (Å²) < 4.78 is 3.46. The Morgan fingerprint density at radius 2 is 2.04 bits per heavy atom. The van der Waals surface area contributed by atoms with Crippen LogP contribution >= 0.6 is 0 Å². The van der Waals surface area contributed by atoms with Gasteiger partial charge in [0.1, 0.15) is 12.2 Å². The maximum Gasteiger partial charge on any atom is 0.291 e. The average Bonchev–Trinajstić information content (AvgIpc) is 3.18. The molecule has 0 saturated heterocycles. The van der Waals surface area contributed by atoms with Crippen molar-refractivity contribution in [2.45, 2.75) is 33.2 Å². The topological polar surface area (TPSA) is 90.5 Å². The zero-order valence-electron chi connectivity index (χ0n) is 14.8. The van der Waals surface area contributed by atoms with Crippen LogP contribution < -0.4 is 5.32 Å². The van der Waals surface area contributed by atoms with Crippen LogP contribution in [0, 0.1) is 6.92 Å². The van der Waals surface area contributed by atoms with Gasteiger partial charge >= 0.3 is 0 Å². The second kappa shape index (κ2) is 6.84. The smallest absolute Gasteiger partial charge is 0.291 e. The van der Waals surface area contributed by atoms with Gasteiger partial charge in [0.05, 0.1) is 12.2 Å². The van der Waals surface area contributed by atoms with E-state index in [2.05, 4.69) is 45.5 Å². The number of rotatable bonds is 5. The quantitative estimate of drug-likeness (QED) is 0.765. The molecule has 1 amide bonds. The molecule has 8 heteroatoms. The third-order valence-corrected chi connectivity index (χ3v) is 3.97. The number of nitrogens with one attached hydrogen (secondary N) is 1. The average molecular weight is 339 g/mol. The highest BCUT2D eigenvalue weighted by Crippen LogP contribution is 2.23. The van der Waals surface area contributed by atoms with Crippen LogP contribution in [-0.4, -0.2) is 35.4 Å². The predicted octanol–water partition coefficient (Wildman–Crippen LogP) is 1.76. The Labute approximate surface area is 145 Å². The van der Waals surface area contributed by atoms with Crippen molar-refractivity contribution in [3.63, 3.8) is 0 Å². The third-order valence-electron chi connectivity index (χ3n) is 3.97. The number of amides is 1. The molecule has 0 spiro atoms. The number of carbonyl (C=O) groups is 1. The largest absolute Gasteiger partial charge is 0.342 e. The predicted molar refractivity (Wildman–Crippen MR) is 92.4 cm³/mol. The van der Waals surface area contributed by atoms with Crippen molar-refractivity contribution in [2.75, 3.05) is 0 Å². The number of para-hydroxylation sites is 1. The van der Waals surface area contributed by atoms with E-state index in [1.54, 1.807) is 15.6 Å². The van der Waals surface area contributed by atoms with Gasteiger partial charge in [-0.15, -0.1) is 15.3 Å². The van der Waals surface area contributed by atoms with Gasteiger partial charge in [0.15, 0.2) is 5.82 Å². The van der Waals surface area contributed by atoms with Crippen molar-refractivity contribution in [3.05, 3.63) is 53.6 Å². The lowest BCUT2D eigenvalue weighted by Gasteiger charge is -2.12. The number of carbonyl (C=O) groups excluding carboxylic acids is 1. The third kappa shape index (κ3) is 3.42. The van der Waals surface area contributed by atoms with E-state index in [1.165, 1.54) is 0 Å². The van der Waals surface area contributed by atoms with Crippen LogP contribution in [-0.2, 0) is 13.6 Å². The maximum atomic E-state index is 12.4. The standard InChI is InChI=1S/C17H21N7O/c1-11(2)13-7-5-6-8-14(13)24-12(3)20-16(22-24)17(25)18-9-15-21-19-10-23(15)4/h5-8,10-11H,9H2,1-4H3,(H,18,25). The van der Waals surface area contributed by atoms with Gasteiger partial charge in [0.2, 0.25) is 5.82 Å². The molecule has 0 fully saturated rings. The summed E-state index contributed by atoms with van der Waals surface area (Å²) in [5, 5.41) is 14.9. The molecule has 3 rings (SSSR count). The minimum absolute atomic E-state index is 0.137. The summed E-state index contributed by atoms with van der Waals surface area (Å²) in [6.45, 7) is 6.36. The molecular formula is C17H21N7O. The first-order chi connectivity index (χ1) is 12.0. The fourth-order valence-electron chi connectivity index (χ4n) is 2.59. The Bertz CT molecular complexity index is 894.